The van der Waals surface area contributed by atoms with Gasteiger partial charge in [-0.15, -0.1) is 0 Å². The van der Waals surface area contributed by atoms with Crippen molar-refractivity contribution in [3.8, 4) is 0 Å². The van der Waals surface area contributed by atoms with Crippen LogP contribution in [0.15, 0.2) is 22.7 Å². The van der Waals surface area contributed by atoms with Gasteiger partial charge in [0, 0.05) is 36.2 Å². The Bertz CT molecular complexity index is 527. The van der Waals surface area contributed by atoms with Crippen molar-refractivity contribution in [2.75, 3.05) is 26.2 Å². The number of piperazine rings is 1. The van der Waals surface area contributed by atoms with Gasteiger partial charge in [-0.25, -0.2) is 0 Å². The Kier molecular flexibility index (Phi) is 5.36. The third-order valence-corrected chi connectivity index (χ3v) is 3.90. The van der Waals surface area contributed by atoms with E-state index in [1.165, 1.54) is 0 Å². The second-order valence-electron chi connectivity index (χ2n) is 5.13. The normalized spacial score (nSPS) is 18.4. The summed E-state index contributed by atoms with van der Waals surface area (Å²) < 4.78 is 0.871. The van der Waals surface area contributed by atoms with Crippen molar-refractivity contribution in [1.82, 2.24) is 15.5 Å². The quantitative estimate of drug-likeness (QED) is 0.861. The van der Waals surface area contributed by atoms with Gasteiger partial charge in [-0.1, -0.05) is 15.9 Å². The highest BCUT2D eigenvalue weighted by Crippen LogP contribution is 2.18. The summed E-state index contributed by atoms with van der Waals surface area (Å²) in [5, 5.41) is 5.96. The van der Waals surface area contributed by atoms with Crippen molar-refractivity contribution < 1.29 is 9.59 Å². The molecule has 1 aromatic rings. The van der Waals surface area contributed by atoms with Gasteiger partial charge < -0.3 is 15.5 Å². The molecule has 1 aromatic carbocycles. The standard InChI is InChI=1S/C15H20BrN3O2/c1-3-18-14(20)13-9-17-4-5-19(13)15(21)11-6-10(2)7-12(16)8-11/h6-8,13,17H,3-5,9H2,1-2H3,(H,18,20). The zero-order valence-corrected chi connectivity index (χ0v) is 13.9. The highest BCUT2D eigenvalue weighted by Gasteiger charge is 2.32. The zero-order chi connectivity index (χ0) is 15.4. The van der Waals surface area contributed by atoms with E-state index < -0.39 is 6.04 Å². The first kappa shape index (κ1) is 16.0. The third kappa shape index (κ3) is 3.83. The molecule has 5 nitrogen and oxygen atoms in total. The molecule has 1 fully saturated rings. The van der Waals surface area contributed by atoms with Crippen molar-refractivity contribution in [2.45, 2.75) is 19.9 Å². The van der Waals surface area contributed by atoms with Crippen molar-refractivity contribution >= 4 is 27.7 Å². The van der Waals surface area contributed by atoms with E-state index in [-0.39, 0.29) is 11.8 Å². The van der Waals surface area contributed by atoms with Crippen LogP contribution in [0.4, 0.5) is 0 Å². The largest absolute Gasteiger partial charge is 0.355 e. The number of benzene rings is 1. The first-order valence-corrected chi connectivity index (χ1v) is 7.89. The molecular weight excluding hydrogens is 334 g/mol. The minimum atomic E-state index is -0.453. The summed E-state index contributed by atoms with van der Waals surface area (Å²) in [4.78, 5) is 26.5. The maximum atomic E-state index is 12.7. The van der Waals surface area contributed by atoms with Crippen LogP contribution in [0.25, 0.3) is 0 Å². The number of rotatable bonds is 3. The second-order valence-corrected chi connectivity index (χ2v) is 6.05. The molecule has 1 unspecified atom stereocenters. The summed E-state index contributed by atoms with van der Waals surface area (Å²) in [5.41, 5.74) is 1.62. The van der Waals surface area contributed by atoms with E-state index in [1.54, 1.807) is 11.0 Å². The van der Waals surface area contributed by atoms with Crippen LogP contribution < -0.4 is 10.6 Å². The second kappa shape index (κ2) is 7.04. The third-order valence-electron chi connectivity index (χ3n) is 3.45. The van der Waals surface area contributed by atoms with E-state index in [0.29, 0.717) is 31.7 Å². The first-order valence-electron chi connectivity index (χ1n) is 7.09. The number of nitrogens with zero attached hydrogens (tertiary/aromatic N) is 1. The molecule has 2 rings (SSSR count). The Labute approximate surface area is 133 Å². The molecule has 1 aliphatic rings. The van der Waals surface area contributed by atoms with Gasteiger partial charge in [-0.05, 0) is 37.6 Å². The molecule has 0 spiro atoms. The predicted octanol–water partition coefficient (Wildman–Crippen LogP) is 1.31. The lowest BCUT2D eigenvalue weighted by atomic mass is 10.1. The van der Waals surface area contributed by atoms with Gasteiger partial charge in [0.1, 0.15) is 6.04 Å². The van der Waals surface area contributed by atoms with Crippen molar-refractivity contribution in [3.63, 3.8) is 0 Å². The number of carbonyl (C=O) groups excluding carboxylic acids is 2. The molecule has 1 heterocycles. The zero-order valence-electron chi connectivity index (χ0n) is 12.3. The Balaban J connectivity index is 2.24. The van der Waals surface area contributed by atoms with E-state index in [9.17, 15) is 9.59 Å². The molecule has 0 bridgehead atoms. The molecule has 6 heteroatoms. The molecule has 21 heavy (non-hydrogen) atoms. The highest BCUT2D eigenvalue weighted by molar-refractivity contribution is 9.10. The lowest BCUT2D eigenvalue weighted by Gasteiger charge is -2.35. The average Bonchev–Trinajstić information content (AvgIpc) is 2.45. The Morgan fingerprint density at radius 2 is 2.19 bits per heavy atom. The fourth-order valence-corrected chi connectivity index (χ4v) is 3.11. The van der Waals surface area contributed by atoms with Crippen LogP contribution in [0.2, 0.25) is 0 Å². The van der Waals surface area contributed by atoms with Crippen LogP contribution in [-0.4, -0.2) is 48.9 Å². The maximum absolute atomic E-state index is 12.7. The topological polar surface area (TPSA) is 61.4 Å². The van der Waals surface area contributed by atoms with Gasteiger partial charge in [0.05, 0.1) is 0 Å². The molecule has 1 aliphatic heterocycles. The number of halogens is 1. The summed E-state index contributed by atoms with van der Waals surface area (Å²) in [6.07, 6.45) is 0. The molecule has 114 valence electrons. The minimum absolute atomic E-state index is 0.0999. The van der Waals surface area contributed by atoms with Gasteiger partial charge in [-0.2, -0.15) is 0 Å². The summed E-state index contributed by atoms with van der Waals surface area (Å²) in [6.45, 7) is 6.11. The number of hydrogen-bond donors (Lipinski definition) is 2. The van der Waals surface area contributed by atoms with Crippen molar-refractivity contribution in [2.24, 2.45) is 0 Å². The Morgan fingerprint density at radius 1 is 1.43 bits per heavy atom. The predicted molar refractivity (Wildman–Crippen MR) is 85.3 cm³/mol. The van der Waals surface area contributed by atoms with Crippen LogP contribution in [0, 0.1) is 6.92 Å². The Morgan fingerprint density at radius 3 is 2.86 bits per heavy atom. The fraction of sp³-hybridized carbons (Fsp3) is 0.467. The number of hydrogen-bond acceptors (Lipinski definition) is 3. The van der Waals surface area contributed by atoms with Gasteiger partial charge in [0.25, 0.3) is 5.91 Å². The molecule has 0 aliphatic carbocycles. The fourth-order valence-electron chi connectivity index (χ4n) is 2.50. The van der Waals surface area contributed by atoms with Crippen molar-refractivity contribution in [1.29, 1.82) is 0 Å². The maximum Gasteiger partial charge on any atom is 0.254 e. The number of likely N-dealkylation sites (N-methyl/N-ethyl adjacent to an activating group) is 1. The molecule has 1 saturated heterocycles. The van der Waals surface area contributed by atoms with Gasteiger partial charge in [0.15, 0.2) is 0 Å². The van der Waals surface area contributed by atoms with Gasteiger partial charge in [-0.3, -0.25) is 9.59 Å². The summed E-state index contributed by atoms with van der Waals surface area (Å²) in [7, 11) is 0. The van der Waals surface area contributed by atoms with Crippen LogP contribution in [0.5, 0.6) is 0 Å². The van der Waals surface area contributed by atoms with Crippen LogP contribution >= 0.6 is 15.9 Å². The molecule has 0 radical (unpaired) electrons. The molecule has 1 atom stereocenters. The molecular formula is C15H20BrN3O2. The molecule has 0 aromatic heterocycles. The lowest BCUT2D eigenvalue weighted by Crippen LogP contribution is -2.59. The van der Waals surface area contributed by atoms with E-state index in [2.05, 4.69) is 26.6 Å². The van der Waals surface area contributed by atoms with Crippen LogP contribution in [-0.2, 0) is 4.79 Å². The van der Waals surface area contributed by atoms with E-state index in [4.69, 9.17) is 0 Å². The Hall–Kier alpha value is -1.40. The summed E-state index contributed by atoms with van der Waals surface area (Å²) in [5.74, 6) is -0.207. The first-order chi connectivity index (χ1) is 10.0. The van der Waals surface area contributed by atoms with Crippen LogP contribution in [0.3, 0.4) is 0 Å². The van der Waals surface area contributed by atoms with Gasteiger partial charge in [0.2, 0.25) is 5.91 Å². The van der Waals surface area contributed by atoms with E-state index in [1.807, 2.05) is 26.0 Å². The average molecular weight is 354 g/mol. The monoisotopic (exact) mass is 353 g/mol. The smallest absolute Gasteiger partial charge is 0.254 e. The van der Waals surface area contributed by atoms with E-state index >= 15 is 0 Å². The number of aryl methyl sites for hydroxylation is 1. The highest BCUT2D eigenvalue weighted by atomic mass is 79.9. The number of carbonyl (C=O) groups is 2. The number of nitrogens with one attached hydrogen (secondary N) is 2. The minimum Gasteiger partial charge on any atom is -0.355 e. The van der Waals surface area contributed by atoms with Crippen molar-refractivity contribution in [3.05, 3.63) is 33.8 Å². The number of amides is 2. The van der Waals surface area contributed by atoms with Gasteiger partial charge >= 0.3 is 0 Å². The summed E-state index contributed by atoms with van der Waals surface area (Å²) >= 11 is 3.41. The molecule has 2 amide bonds. The van der Waals surface area contributed by atoms with E-state index in [0.717, 1.165) is 10.0 Å². The molecule has 2 N–H and O–H groups in total. The summed E-state index contributed by atoms with van der Waals surface area (Å²) in [6, 6.07) is 5.15. The van der Waals surface area contributed by atoms with Crippen LogP contribution in [0.1, 0.15) is 22.8 Å². The lowest BCUT2D eigenvalue weighted by molar-refractivity contribution is -0.126. The SMILES string of the molecule is CCNC(=O)C1CNCCN1C(=O)c1cc(C)cc(Br)c1. The molecule has 0 saturated carbocycles.